The number of amides is 1. The van der Waals surface area contributed by atoms with E-state index in [1.807, 2.05) is 65.7 Å². The Balaban J connectivity index is 1.52. The molecule has 4 atom stereocenters. The summed E-state index contributed by atoms with van der Waals surface area (Å²) in [4.78, 5) is 46.2. The van der Waals surface area contributed by atoms with Gasteiger partial charge in [-0.3, -0.25) is 14.4 Å². The highest BCUT2D eigenvalue weighted by atomic mass is 79.9. The molecule has 43 heavy (non-hydrogen) atoms. The largest absolute Gasteiger partial charge is 0.497 e. The number of ether oxygens (including phenoxy) is 2. The fourth-order valence-corrected chi connectivity index (χ4v) is 7.65. The highest BCUT2D eigenvalue weighted by Crippen LogP contribution is 2.62. The van der Waals surface area contributed by atoms with Gasteiger partial charge in [-0.1, -0.05) is 54.6 Å². The molecule has 0 saturated carbocycles. The highest BCUT2D eigenvalue weighted by Gasteiger charge is 2.70. The molecular formula is C35H27BrN2O5. The second-order valence-electron chi connectivity index (χ2n) is 10.9. The number of Topliss-reactive ketones (excluding diaryl/α,β-unsaturated/α-hetero) is 2. The number of ketones is 2. The second kappa shape index (κ2) is 10.2. The second-order valence-corrected chi connectivity index (χ2v) is 11.7. The van der Waals surface area contributed by atoms with Gasteiger partial charge in [-0.25, -0.2) is 0 Å². The Bertz CT molecular complexity index is 1850. The van der Waals surface area contributed by atoms with Gasteiger partial charge in [0.2, 0.25) is 5.91 Å². The van der Waals surface area contributed by atoms with Gasteiger partial charge in [0.25, 0.3) is 0 Å². The van der Waals surface area contributed by atoms with Gasteiger partial charge in [-0.2, -0.15) is 0 Å². The third-order valence-electron chi connectivity index (χ3n) is 8.91. The van der Waals surface area contributed by atoms with Crippen LogP contribution in [-0.2, 0) is 10.2 Å². The number of rotatable bonds is 6. The zero-order chi connectivity index (χ0) is 29.9. The Hall–Kier alpha value is -4.69. The van der Waals surface area contributed by atoms with Crippen molar-refractivity contribution in [2.75, 3.05) is 19.5 Å². The molecule has 3 heterocycles. The Morgan fingerprint density at radius 2 is 1.63 bits per heavy atom. The molecule has 4 aromatic rings. The van der Waals surface area contributed by atoms with Gasteiger partial charge in [0.05, 0.1) is 30.7 Å². The van der Waals surface area contributed by atoms with Gasteiger partial charge in [-0.05, 0) is 75.1 Å². The summed E-state index contributed by atoms with van der Waals surface area (Å²) in [6.45, 7) is 0. The van der Waals surface area contributed by atoms with E-state index in [0.29, 0.717) is 38.3 Å². The molecule has 3 aliphatic rings. The third-order valence-corrected chi connectivity index (χ3v) is 9.53. The lowest BCUT2D eigenvalue weighted by atomic mass is 9.62. The smallest absolute Gasteiger partial charge is 0.238 e. The van der Waals surface area contributed by atoms with Crippen LogP contribution in [0.25, 0.3) is 6.08 Å². The lowest BCUT2D eigenvalue weighted by Crippen LogP contribution is -2.49. The van der Waals surface area contributed by atoms with Crippen LogP contribution in [0.3, 0.4) is 0 Å². The summed E-state index contributed by atoms with van der Waals surface area (Å²) in [5, 5.41) is 3.07. The monoisotopic (exact) mass is 634 g/mol. The number of methoxy groups -OCH3 is 2. The van der Waals surface area contributed by atoms with Crippen molar-refractivity contribution in [2.24, 2.45) is 5.92 Å². The lowest BCUT2D eigenvalue weighted by Gasteiger charge is -2.38. The number of hydrogen-bond donors (Lipinski definition) is 1. The van der Waals surface area contributed by atoms with Crippen molar-refractivity contribution < 1.29 is 23.9 Å². The Morgan fingerprint density at radius 3 is 2.42 bits per heavy atom. The van der Waals surface area contributed by atoms with Crippen LogP contribution in [-0.4, -0.2) is 42.6 Å². The number of anilines is 1. The molecule has 7 nitrogen and oxygen atoms in total. The lowest BCUT2D eigenvalue weighted by molar-refractivity contribution is -0.122. The van der Waals surface area contributed by atoms with Crippen LogP contribution in [0.4, 0.5) is 5.69 Å². The maximum atomic E-state index is 14.9. The van der Waals surface area contributed by atoms with Gasteiger partial charge in [0, 0.05) is 23.0 Å². The molecule has 4 unspecified atom stereocenters. The molecule has 8 heteroatoms. The third kappa shape index (κ3) is 3.89. The molecule has 3 aliphatic heterocycles. The number of carbonyl (C=O) groups excluding carboxylic acids is 3. The van der Waals surface area contributed by atoms with Crippen LogP contribution in [0.15, 0.2) is 102 Å². The van der Waals surface area contributed by atoms with Crippen LogP contribution < -0.4 is 14.8 Å². The summed E-state index contributed by atoms with van der Waals surface area (Å²) in [7, 11) is 3.10. The normalized spacial score (nSPS) is 22.9. The van der Waals surface area contributed by atoms with Crippen LogP contribution in [0.5, 0.6) is 11.5 Å². The van der Waals surface area contributed by atoms with Gasteiger partial charge < -0.3 is 19.7 Å². The number of halogens is 1. The van der Waals surface area contributed by atoms with Crippen molar-refractivity contribution in [3.63, 3.8) is 0 Å². The van der Waals surface area contributed by atoms with Gasteiger partial charge >= 0.3 is 0 Å². The number of fused-ring (bicyclic) bond motifs is 6. The molecule has 7 rings (SSSR count). The molecule has 214 valence electrons. The maximum Gasteiger partial charge on any atom is 0.238 e. The first kappa shape index (κ1) is 27.2. The van der Waals surface area contributed by atoms with Crippen molar-refractivity contribution >= 4 is 45.2 Å². The summed E-state index contributed by atoms with van der Waals surface area (Å²) >= 11 is 3.51. The van der Waals surface area contributed by atoms with Gasteiger partial charge in [0.15, 0.2) is 11.6 Å². The molecular weight excluding hydrogens is 608 g/mol. The molecule has 1 fully saturated rings. The van der Waals surface area contributed by atoms with Crippen molar-refractivity contribution in [1.29, 1.82) is 0 Å². The van der Waals surface area contributed by atoms with Crippen molar-refractivity contribution in [1.82, 2.24) is 4.90 Å². The fraction of sp³-hybridized carbons (Fsp3) is 0.171. The fourth-order valence-electron chi connectivity index (χ4n) is 7.11. The first-order chi connectivity index (χ1) is 20.9. The van der Waals surface area contributed by atoms with Crippen LogP contribution in [0.1, 0.15) is 43.4 Å². The quantitative estimate of drug-likeness (QED) is 0.246. The van der Waals surface area contributed by atoms with E-state index in [9.17, 15) is 14.4 Å². The number of para-hydroxylation sites is 1. The molecule has 4 aromatic carbocycles. The van der Waals surface area contributed by atoms with Crippen LogP contribution in [0.2, 0.25) is 0 Å². The Kier molecular flexibility index (Phi) is 6.47. The zero-order valence-corrected chi connectivity index (χ0v) is 25.0. The van der Waals surface area contributed by atoms with E-state index in [2.05, 4.69) is 21.2 Å². The van der Waals surface area contributed by atoms with E-state index in [0.717, 1.165) is 11.1 Å². The first-order valence-corrected chi connectivity index (χ1v) is 14.7. The van der Waals surface area contributed by atoms with E-state index in [1.165, 1.54) is 7.11 Å². The van der Waals surface area contributed by atoms with E-state index in [-0.39, 0.29) is 17.5 Å². The molecule has 1 amide bonds. The number of nitrogens with one attached hydrogen (secondary N) is 1. The molecule has 0 radical (unpaired) electrons. The average Bonchev–Trinajstić information content (AvgIpc) is 3.52. The minimum Gasteiger partial charge on any atom is -0.497 e. The summed E-state index contributed by atoms with van der Waals surface area (Å²) in [6, 6.07) is 25.7. The zero-order valence-electron chi connectivity index (χ0n) is 23.4. The molecule has 1 saturated heterocycles. The summed E-state index contributed by atoms with van der Waals surface area (Å²) in [5.74, 6) is -0.861. The minimum absolute atomic E-state index is 0.271. The Morgan fingerprint density at radius 1 is 0.860 bits per heavy atom. The van der Waals surface area contributed by atoms with Crippen molar-refractivity contribution in [2.45, 2.75) is 17.5 Å². The highest BCUT2D eigenvalue weighted by molar-refractivity contribution is 9.10. The Labute approximate surface area is 257 Å². The van der Waals surface area contributed by atoms with Crippen LogP contribution in [0, 0.1) is 5.92 Å². The molecule has 0 aromatic heterocycles. The minimum atomic E-state index is -1.40. The number of benzene rings is 4. The van der Waals surface area contributed by atoms with Crippen molar-refractivity contribution in [3.05, 3.63) is 129 Å². The predicted molar refractivity (Wildman–Crippen MR) is 166 cm³/mol. The standard InChI is InChI=1S/C35H27BrN2O5/c1-42-23-10-7-9-21(18-23)31(39)29-30(32(40)22-14-15-28(43-2)26(36)19-22)38-17-16-20-8-3-4-11-24(20)33(38)35(29)25-12-5-6-13-27(25)37-34(35)41/h3-19,29-30,33H,1-2H3,(H,37,41). The summed E-state index contributed by atoms with van der Waals surface area (Å²) in [5.41, 5.74) is 2.53. The first-order valence-electron chi connectivity index (χ1n) is 13.9. The van der Waals surface area contributed by atoms with E-state index in [4.69, 9.17) is 9.47 Å². The number of carbonyl (C=O) groups is 3. The van der Waals surface area contributed by atoms with Gasteiger partial charge in [-0.15, -0.1) is 0 Å². The molecule has 0 aliphatic carbocycles. The summed E-state index contributed by atoms with van der Waals surface area (Å²) < 4.78 is 11.5. The van der Waals surface area contributed by atoms with Crippen molar-refractivity contribution in [3.8, 4) is 11.5 Å². The average molecular weight is 636 g/mol. The molecule has 1 spiro atoms. The number of hydrogen-bond acceptors (Lipinski definition) is 6. The summed E-state index contributed by atoms with van der Waals surface area (Å²) in [6.07, 6.45) is 3.81. The topological polar surface area (TPSA) is 84.9 Å². The molecule has 0 bridgehead atoms. The number of nitrogens with zero attached hydrogens (tertiary/aromatic N) is 1. The van der Waals surface area contributed by atoms with E-state index < -0.39 is 23.4 Å². The van der Waals surface area contributed by atoms with Gasteiger partial charge in [0.1, 0.15) is 23.0 Å². The SMILES string of the molecule is COc1cccc(C(=O)C2C(C(=O)c3ccc(OC)c(Br)c3)N3C=Cc4ccccc4C3C23C(=O)Nc2ccccc23)c1. The maximum absolute atomic E-state index is 14.9. The molecule has 1 N–H and O–H groups in total. The van der Waals surface area contributed by atoms with Crippen LogP contribution >= 0.6 is 15.9 Å². The predicted octanol–water partition coefficient (Wildman–Crippen LogP) is 6.45. The van der Waals surface area contributed by atoms with E-state index in [1.54, 1.807) is 49.6 Å². The van der Waals surface area contributed by atoms with E-state index >= 15 is 0 Å².